The predicted molar refractivity (Wildman–Crippen MR) is 94.3 cm³/mol. The van der Waals surface area contributed by atoms with Gasteiger partial charge in [-0.15, -0.1) is 0 Å². The van der Waals surface area contributed by atoms with Crippen molar-refractivity contribution in [1.29, 1.82) is 5.26 Å². The fourth-order valence-electron chi connectivity index (χ4n) is 3.70. The van der Waals surface area contributed by atoms with E-state index in [0.717, 1.165) is 37.2 Å². The number of halogens is 1. The molecule has 2 atom stereocenters. The van der Waals surface area contributed by atoms with E-state index in [2.05, 4.69) is 11.0 Å². The molecule has 4 nitrogen and oxygen atoms in total. The summed E-state index contributed by atoms with van der Waals surface area (Å²) >= 11 is 0. The van der Waals surface area contributed by atoms with E-state index < -0.39 is 6.10 Å². The molecule has 1 aromatic heterocycles. The quantitative estimate of drug-likeness (QED) is 0.906. The molecule has 1 aliphatic heterocycles. The van der Waals surface area contributed by atoms with E-state index in [9.17, 15) is 14.8 Å². The lowest BCUT2D eigenvalue weighted by Crippen LogP contribution is -2.30. The molecule has 25 heavy (non-hydrogen) atoms. The van der Waals surface area contributed by atoms with Crippen molar-refractivity contribution in [2.45, 2.75) is 44.9 Å². The first-order valence-corrected chi connectivity index (χ1v) is 8.72. The number of hydrogen-bond acceptors (Lipinski definition) is 3. The molecule has 1 aliphatic rings. The van der Waals surface area contributed by atoms with Crippen LogP contribution in [0.2, 0.25) is 0 Å². The Bertz CT molecular complexity index is 775. The summed E-state index contributed by atoms with van der Waals surface area (Å²) in [5, 5.41) is 19.7. The van der Waals surface area contributed by atoms with E-state index in [1.807, 2.05) is 24.6 Å². The lowest BCUT2D eigenvalue weighted by atomic mass is 10.00. The minimum absolute atomic E-state index is 0.286. The van der Waals surface area contributed by atoms with Gasteiger partial charge in [0.1, 0.15) is 17.6 Å². The van der Waals surface area contributed by atoms with Crippen molar-refractivity contribution in [3.05, 3.63) is 58.7 Å². The fourth-order valence-corrected chi connectivity index (χ4v) is 3.70. The standard InChI is InChI=1S/C20H24FN3O/c1-14-16(10-19(12-22)23(14)2)13-24-9-3-4-18(24)11-20(25)15-5-7-17(21)8-6-15/h5-8,10,18,20,25H,3-4,9,11,13H2,1-2H3. The van der Waals surface area contributed by atoms with Crippen molar-refractivity contribution in [1.82, 2.24) is 9.47 Å². The zero-order valence-electron chi connectivity index (χ0n) is 14.7. The molecule has 3 rings (SSSR count). The van der Waals surface area contributed by atoms with E-state index in [1.54, 1.807) is 12.1 Å². The minimum Gasteiger partial charge on any atom is -0.388 e. The highest BCUT2D eigenvalue weighted by atomic mass is 19.1. The van der Waals surface area contributed by atoms with Crippen LogP contribution in [-0.2, 0) is 13.6 Å². The summed E-state index contributed by atoms with van der Waals surface area (Å²) in [6.07, 6.45) is 2.22. The number of hydrogen-bond donors (Lipinski definition) is 1. The monoisotopic (exact) mass is 341 g/mol. The van der Waals surface area contributed by atoms with Crippen LogP contribution in [0.4, 0.5) is 4.39 Å². The van der Waals surface area contributed by atoms with Crippen LogP contribution in [0.25, 0.3) is 0 Å². The summed E-state index contributed by atoms with van der Waals surface area (Å²) in [5.41, 5.74) is 3.72. The van der Waals surface area contributed by atoms with Crippen LogP contribution in [-0.4, -0.2) is 27.2 Å². The van der Waals surface area contributed by atoms with Crippen molar-refractivity contribution in [3.63, 3.8) is 0 Å². The first-order chi connectivity index (χ1) is 12.0. The van der Waals surface area contributed by atoms with E-state index >= 15 is 0 Å². The first-order valence-electron chi connectivity index (χ1n) is 8.72. The van der Waals surface area contributed by atoms with Crippen molar-refractivity contribution >= 4 is 0 Å². The summed E-state index contributed by atoms with van der Waals surface area (Å²) in [6, 6.07) is 10.6. The van der Waals surface area contributed by atoms with Crippen molar-refractivity contribution in [3.8, 4) is 6.07 Å². The maximum absolute atomic E-state index is 13.0. The van der Waals surface area contributed by atoms with E-state index in [0.29, 0.717) is 18.2 Å². The van der Waals surface area contributed by atoms with Gasteiger partial charge in [-0.3, -0.25) is 4.90 Å². The summed E-state index contributed by atoms with van der Waals surface area (Å²) in [4.78, 5) is 2.39. The molecule has 0 saturated carbocycles. The van der Waals surface area contributed by atoms with Gasteiger partial charge in [0.15, 0.2) is 0 Å². The van der Waals surface area contributed by atoms with E-state index in [4.69, 9.17) is 0 Å². The molecular formula is C20H24FN3O. The Morgan fingerprint density at radius 2 is 2.08 bits per heavy atom. The molecule has 1 aromatic carbocycles. The zero-order valence-corrected chi connectivity index (χ0v) is 14.7. The Hall–Kier alpha value is -2.16. The topological polar surface area (TPSA) is 52.2 Å². The molecule has 0 bridgehead atoms. The van der Waals surface area contributed by atoms with Gasteiger partial charge in [0.2, 0.25) is 0 Å². The number of benzene rings is 1. The summed E-state index contributed by atoms with van der Waals surface area (Å²) in [7, 11) is 1.91. The number of nitriles is 1. The van der Waals surface area contributed by atoms with Crippen LogP contribution >= 0.6 is 0 Å². The average Bonchev–Trinajstić information content (AvgIpc) is 3.15. The molecule has 2 heterocycles. The van der Waals surface area contributed by atoms with E-state index in [-0.39, 0.29) is 5.82 Å². The van der Waals surface area contributed by atoms with Gasteiger partial charge >= 0.3 is 0 Å². The summed E-state index contributed by atoms with van der Waals surface area (Å²) < 4.78 is 15.0. The Morgan fingerprint density at radius 3 is 2.72 bits per heavy atom. The van der Waals surface area contributed by atoms with Crippen molar-refractivity contribution < 1.29 is 9.50 Å². The number of aromatic nitrogens is 1. The lowest BCUT2D eigenvalue weighted by molar-refractivity contribution is 0.118. The number of nitrogens with zero attached hydrogens (tertiary/aromatic N) is 3. The number of likely N-dealkylation sites (tertiary alicyclic amines) is 1. The second-order valence-electron chi connectivity index (χ2n) is 6.88. The van der Waals surface area contributed by atoms with Crippen LogP contribution in [0, 0.1) is 24.1 Å². The summed E-state index contributed by atoms with van der Waals surface area (Å²) in [6.45, 7) is 3.83. The molecule has 0 spiro atoms. The second-order valence-corrected chi connectivity index (χ2v) is 6.88. The smallest absolute Gasteiger partial charge is 0.123 e. The van der Waals surface area contributed by atoms with Gasteiger partial charge < -0.3 is 9.67 Å². The average molecular weight is 341 g/mol. The van der Waals surface area contributed by atoms with Crippen molar-refractivity contribution in [2.75, 3.05) is 6.54 Å². The number of rotatable bonds is 5. The van der Waals surface area contributed by atoms with Crippen LogP contribution in [0.15, 0.2) is 30.3 Å². The second kappa shape index (κ2) is 7.38. The minimum atomic E-state index is -0.585. The highest BCUT2D eigenvalue weighted by Crippen LogP contribution is 2.29. The number of aliphatic hydroxyl groups excluding tert-OH is 1. The van der Waals surface area contributed by atoms with Gasteiger partial charge in [-0.1, -0.05) is 12.1 Å². The molecule has 0 aliphatic carbocycles. The Balaban J connectivity index is 1.68. The highest BCUT2D eigenvalue weighted by Gasteiger charge is 2.28. The molecular weight excluding hydrogens is 317 g/mol. The van der Waals surface area contributed by atoms with Crippen LogP contribution in [0.1, 0.15) is 47.9 Å². The normalized spacial score (nSPS) is 19.1. The molecule has 1 N–H and O–H groups in total. The van der Waals surface area contributed by atoms with Crippen LogP contribution < -0.4 is 0 Å². The molecule has 0 amide bonds. The third kappa shape index (κ3) is 3.76. The maximum Gasteiger partial charge on any atom is 0.123 e. The molecule has 132 valence electrons. The molecule has 1 fully saturated rings. The highest BCUT2D eigenvalue weighted by molar-refractivity contribution is 5.34. The van der Waals surface area contributed by atoms with Gasteiger partial charge in [-0.2, -0.15) is 5.26 Å². The Kier molecular flexibility index (Phi) is 5.22. The van der Waals surface area contributed by atoms with Gasteiger partial charge in [0.25, 0.3) is 0 Å². The Morgan fingerprint density at radius 1 is 1.36 bits per heavy atom. The van der Waals surface area contributed by atoms with Gasteiger partial charge in [0, 0.05) is 25.3 Å². The third-order valence-electron chi connectivity index (χ3n) is 5.38. The van der Waals surface area contributed by atoms with Gasteiger partial charge in [0.05, 0.1) is 6.10 Å². The summed E-state index contributed by atoms with van der Waals surface area (Å²) in [5.74, 6) is -0.286. The molecule has 2 aromatic rings. The van der Waals surface area contributed by atoms with Gasteiger partial charge in [-0.05, 0) is 62.1 Å². The molecule has 2 unspecified atom stereocenters. The third-order valence-corrected chi connectivity index (χ3v) is 5.38. The predicted octanol–water partition coefficient (Wildman–Crippen LogP) is 3.43. The SMILES string of the molecule is Cc1c(CN2CCCC2CC(O)c2ccc(F)cc2)cc(C#N)n1C. The molecule has 0 radical (unpaired) electrons. The van der Waals surface area contributed by atoms with Crippen LogP contribution in [0.3, 0.4) is 0 Å². The van der Waals surface area contributed by atoms with Crippen LogP contribution in [0.5, 0.6) is 0 Å². The molecule has 5 heteroatoms. The zero-order chi connectivity index (χ0) is 18.0. The van der Waals surface area contributed by atoms with Crippen molar-refractivity contribution in [2.24, 2.45) is 7.05 Å². The fraction of sp³-hybridized carbons (Fsp3) is 0.450. The molecule has 1 saturated heterocycles. The lowest BCUT2D eigenvalue weighted by Gasteiger charge is -2.26. The first kappa shape index (κ1) is 17.7. The maximum atomic E-state index is 13.0. The van der Waals surface area contributed by atoms with E-state index in [1.165, 1.54) is 17.7 Å². The Labute approximate surface area is 148 Å². The van der Waals surface area contributed by atoms with Gasteiger partial charge in [-0.25, -0.2) is 4.39 Å². The number of aliphatic hydroxyl groups is 1. The largest absolute Gasteiger partial charge is 0.388 e.